The minimum absolute atomic E-state index is 0. The zero-order valence-electron chi connectivity index (χ0n) is 17.9. The van der Waals surface area contributed by atoms with Crippen molar-refractivity contribution in [1.29, 1.82) is 0 Å². The number of aliphatic hydroxyl groups is 1. The van der Waals surface area contributed by atoms with Gasteiger partial charge in [0, 0.05) is 45.3 Å². The van der Waals surface area contributed by atoms with E-state index in [0.29, 0.717) is 6.54 Å². The normalized spacial score (nSPS) is 16.1. The van der Waals surface area contributed by atoms with E-state index in [-0.39, 0.29) is 24.0 Å². The molecule has 1 atom stereocenters. The number of aliphatic imine (C=N–C) groups is 1. The molecule has 166 valence electrons. The third-order valence-corrected chi connectivity index (χ3v) is 4.96. The highest BCUT2D eigenvalue weighted by atomic mass is 127. The first-order chi connectivity index (χ1) is 14.1. The van der Waals surface area contributed by atoms with Crippen LogP contribution in [-0.2, 0) is 6.54 Å². The first-order valence-corrected chi connectivity index (χ1v) is 10.1. The van der Waals surface area contributed by atoms with Gasteiger partial charge in [0.1, 0.15) is 11.5 Å². The molecular formula is C21H32IN5O3. The standard InChI is InChI=1S/C21H31N5O3.HI/c1-4-22-21(23-14-20(27)17-6-5-7-19(13-17)28-3)26-10-8-25(9-11-26)15-18-12-16(2)29-24-18;/h5-7,12-13,20,27H,4,8-11,14-15H2,1-3H3,(H,22,23);1H. The van der Waals surface area contributed by atoms with Crippen molar-refractivity contribution in [2.75, 3.05) is 46.4 Å². The van der Waals surface area contributed by atoms with Crippen LogP contribution in [0.1, 0.15) is 30.0 Å². The smallest absolute Gasteiger partial charge is 0.194 e. The van der Waals surface area contributed by atoms with Crippen LogP contribution in [0.3, 0.4) is 0 Å². The molecule has 1 aliphatic heterocycles. The number of nitrogens with one attached hydrogen (secondary N) is 1. The maximum Gasteiger partial charge on any atom is 0.194 e. The fourth-order valence-corrected chi connectivity index (χ4v) is 3.39. The lowest BCUT2D eigenvalue weighted by Crippen LogP contribution is -2.52. The van der Waals surface area contributed by atoms with Crippen molar-refractivity contribution in [2.24, 2.45) is 4.99 Å². The minimum atomic E-state index is -0.671. The third-order valence-electron chi connectivity index (χ3n) is 4.96. The van der Waals surface area contributed by atoms with Crippen LogP contribution in [0.2, 0.25) is 0 Å². The number of ether oxygens (including phenoxy) is 1. The van der Waals surface area contributed by atoms with Crippen LogP contribution in [-0.4, -0.2) is 72.4 Å². The van der Waals surface area contributed by atoms with Gasteiger partial charge >= 0.3 is 0 Å². The first kappa shape index (κ1) is 24.4. The zero-order valence-corrected chi connectivity index (χ0v) is 20.2. The lowest BCUT2D eigenvalue weighted by atomic mass is 10.1. The van der Waals surface area contributed by atoms with Crippen LogP contribution in [0.4, 0.5) is 0 Å². The van der Waals surface area contributed by atoms with E-state index in [9.17, 15) is 5.11 Å². The number of hydrogen-bond acceptors (Lipinski definition) is 6. The number of halogens is 1. The molecule has 0 radical (unpaired) electrons. The maximum atomic E-state index is 10.5. The van der Waals surface area contributed by atoms with E-state index in [1.165, 1.54) is 0 Å². The Morgan fingerprint density at radius 3 is 2.70 bits per heavy atom. The highest BCUT2D eigenvalue weighted by Gasteiger charge is 2.21. The minimum Gasteiger partial charge on any atom is -0.497 e. The summed E-state index contributed by atoms with van der Waals surface area (Å²) in [4.78, 5) is 9.28. The van der Waals surface area contributed by atoms with Gasteiger partial charge in [0.25, 0.3) is 0 Å². The molecule has 1 aromatic carbocycles. The molecule has 8 nitrogen and oxygen atoms in total. The molecule has 1 aromatic heterocycles. The summed E-state index contributed by atoms with van der Waals surface area (Å²) in [5, 5.41) is 18.0. The van der Waals surface area contributed by atoms with Crippen molar-refractivity contribution in [1.82, 2.24) is 20.3 Å². The van der Waals surface area contributed by atoms with Crippen LogP contribution in [0.5, 0.6) is 5.75 Å². The van der Waals surface area contributed by atoms with E-state index in [4.69, 9.17) is 9.26 Å². The molecule has 1 fully saturated rings. The monoisotopic (exact) mass is 529 g/mol. The fourth-order valence-electron chi connectivity index (χ4n) is 3.39. The van der Waals surface area contributed by atoms with Gasteiger partial charge in [-0.25, -0.2) is 0 Å². The number of rotatable bonds is 7. The molecular weight excluding hydrogens is 497 g/mol. The van der Waals surface area contributed by atoms with Crippen molar-refractivity contribution in [3.63, 3.8) is 0 Å². The molecule has 0 saturated carbocycles. The van der Waals surface area contributed by atoms with Gasteiger partial charge in [-0.1, -0.05) is 17.3 Å². The SMILES string of the molecule is CCNC(=NCC(O)c1cccc(OC)c1)N1CCN(Cc2cc(C)on2)CC1.I. The van der Waals surface area contributed by atoms with Crippen LogP contribution < -0.4 is 10.1 Å². The van der Waals surface area contributed by atoms with Gasteiger partial charge in [-0.15, -0.1) is 24.0 Å². The van der Waals surface area contributed by atoms with Gasteiger partial charge in [0.05, 0.1) is 25.5 Å². The lowest BCUT2D eigenvalue weighted by molar-refractivity contribution is 0.166. The van der Waals surface area contributed by atoms with Crippen molar-refractivity contribution < 1.29 is 14.4 Å². The number of benzene rings is 1. The average molecular weight is 529 g/mol. The van der Waals surface area contributed by atoms with Crippen LogP contribution in [0.15, 0.2) is 39.8 Å². The molecule has 9 heteroatoms. The molecule has 1 unspecified atom stereocenters. The summed E-state index contributed by atoms with van der Waals surface area (Å²) in [7, 11) is 1.62. The van der Waals surface area contributed by atoms with E-state index >= 15 is 0 Å². The van der Waals surface area contributed by atoms with Gasteiger partial charge < -0.3 is 24.6 Å². The molecule has 3 rings (SSSR count). The number of aliphatic hydroxyl groups excluding tert-OH is 1. The predicted octanol–water partition coefficient (Wildman–Crippen LogP) is 2.43. The summed E-state index contributed by atoms with van der Waals surface area (Å²) in [6.45, 7) is 9.44. The molecule has 2 N–H and O–H groups in total. The largest absolute Gasteiger partial charge is 0.497 e. The Morgan fingerprint density at radius 1 is 1.30 bits per heavy atom. The van der Waals surface area contributed by atoms with Crippen molar-refractivity contribution >= 4 is 29.9 Å². The summed E-state index contributed by atoms with van der Waals surface area (Å²) in [6.07, 6.45) is -0.671. The zero-order chi connectivity index (χ0) is 20.6. The topological polar surface area (TPSA) is 86.4 Å². The number of hydrogen-bond donors (Lipinski definition) is 2. The lowest BCUT2D eigenvalue weighted by Gasteiger charge is -2.36. The van der Waals surface area contributed by atoms with E-state index in [2.05, 4.69) is 32.2 Å². The van der Waals surface area contributed by atoms with Crippen LogP contribution >= 0.6 is 24.0 Å². The fraction of sp³-hybridized carbons (Fsp3) is 0.524. The molecule has 1 aliphatic rings. The quantitative estimate of drug-likeness (QED) is 0.324. The molecule has 0 aliphatic carbocycles. The Kier molecular flexibility index (Phi) is 9.86. The molecule has 2 aromatic rings. The highest BCUT2D eigenvalue weighted by Crippen LogP contribution is 2.19. The van der Waals surface area contributed by atoms with E-state index in [1.807, 2.05) is 37.3 Å². The molecule has 0 bridgehead atoms. The van der Waals surface area contributed by atoms with E-state index < -0.39 is 6.10 Å². The Balaban J connectivity index is 0.00000320. The number of nitrogens with zero attached hydrogens (tertiary/aromatic N) is 4. The number of methoxy groups -OCH3 is 1. The van der Waals surface area contributed by atoms with Crippen molar-refractivity contribution in [3.05, 3.63) is 47.3 Å². The molecule has 30 heavy (non-hydrogen) atoms. The Morgan fingerprint density at radius 2 is 2.07 bits per heavy atom. The van der Waals surface area contributed by atoms with E-state index in [1.54, 1.807) is 7.11 Å². The third kappa shape index (κ3) is 6.85. The molecule has 0 spiro atoms. The molecule has 1 saturated heterocycles. The van der Waals surface area contributed by atoms with Gasteiger partial charge in [-0.05, 0) is 31.5 Å². The number of aromatic nitrogens is 1. The Bertz CT molecular complexity index is 805. The van der Waals surface area contributed by atoms with Gasteiger partial charge in [-0.3, -0.25) is 9.89 Å². The van der Waals surface area contributed by atoms with Crippen LogP contribution in [0.25, 0.3) is 0 Å². The molecule has 0 amide bonds. The summed E-state index contributed by atoms with van der Waals surface area (Å²) >= 11 is 0. The summed E-state index contributed by atoms with van der Waals surface area (Å²) < 4.78 is 10.4. The number of aryl methyl sites for hydroxylation is 1. The maximum absolute atomic E-state index is 10.5. The second-order valence-electron chi connectivity index (χ2n) is 7.18. The van der Waals surface area contributed by atoms with Gasteiger partial charge in [0.2, 0.25) is 0 Å². The second kappa shape index (κ2) is 12.1. The van der Waals surface area contributed by atoms with E-state index in [0.717, 1.165) is 68.0 Å². The second-order valence-corrected chi connectivity index (χ2v) is 7.18. The van der Waals surface area contributed by atoms with Crippen molar-refractivity contribution in [3.8, 4) is 5.75 Å². The Labute approximate surface area is 195 Å². The van der Waals surface area contributed by atoms with Gasteiger partial charge in [-0.2, -0.15) is 0 Å². The summed E-state index contributed by atoms with van der Waals surface area (Å²) in [5.41, 5.74) is 1.77. The highest BCUT2D eigenvalue weighted by molar-refractivity contribution is 14.0. The van der Waals surface area contributed by atoms with Crippen molar-refractivity contribution in [2.45, 2.75) is 26.5 Å². The average Bonchev–Trinajstić information content (AvgIpc) is 3.16. The summed E-state index contributed by atoms with van der Waals surface area (Å²) in [5.74, 6) is 2.41. The Hall–Kier alpha value is -1.85. The summed E-state index contributed by atoms with van der Waals surface area (Å²) in [6, 6.07) is 9.46. The van der Waals surface area contributed by atoms with Crippen LogP contribution in [0, 0.1) is 6.92 Å². The molecule has 2 heterocycles. The first-order valence-electron chi connectivity index (χ1n) is 10.1. The number of piperazine rings is 1. The van der Waals surface area contributed by atoms with Gasteiger partial charge in [0.15, 0.2) is 5.96 Å². The number of guanidine groups is 1. The predicted molar refractivity (Wildman–Crippen MR) is 127 cm³/mol.